The van der Waals surface area contributed by atoms with Crippen LogP contribution in [-0.4, -0.2) is 36.3 Å². The van der Waals surface area contributed by atoms with Crippen LogP contribution in [0.4, 0.5) is 11.6 Å². The maximum Gasteiger partial charge on any atom is 0.134 e. The average Bonchev–Trinajstić information content (AvgIpc) is 2.90. The second-order valence-electron chi connectivity index (χ2n) is 4.54. The van der Waals surface area contributed by atoms with Crippen LogP contribution in [0, 0.1) is 5.92 Å². The minimum absolute atomic E-state index is 0.604. The molecule has 5 nitrogen and oxygen atoms in total. The highest BCUT2D eigenvalue weighted by atomic mass is 16.5. The van der Waals surface area contributed by atoms with Crippen molar-refractivity contribution >= 4 is 11.6 Å². The molecule has 0 aromatic carbocycles. The van der Waals surface area contributed by atoms with E-state index in [0.29, 0.717) is 5.92 Å². The van der Waals surface area contributed by atoms with Crippen LogP contribution in [0.1, 0.15) is 25.8 Å². The van der Waals surface area contributed by atoms with Crippen molar-refractivity contribution in [3.63, 3.8) is 0 Å². The van der Waals surface area contributed by atoms with E-state index in [-0.39, 0.29) is 0 Å². The smallest absolute Gasteiger partial charge is 0.134 e. The molecule has 1 fully saturated rings. The summed E-state index contributed by atoms with van der Waals surface area (Å²) >= 11 is 0. The Morgan fingerprint density at radius 1 is 1.28 bits per heavy atom. The van der Waals surface area contributed by atoms with Crippen LogP contribution in [0.15, 0.2) is 6.33 Å². The van der Waals surface area contributed by atoms with E-state index in [1.165, 1.54) is 5.56 Å². The molecule has 0 bridgehead atoms. The van der Waals surface area contributed by atoms with Crippen LogP contribution in [0.2, 0.25) is 0 Å². The first-order valence-corrected chi connectivity index (χ1v) is 6.74. The van der Waals surface area contributed by atoms with Gasteiger partial charge in [0.15, 0.2) is 0 Å². The molecule has 0 aliphatic carbocycles. The van der Waals surface area contributed by atoms with Crippen molar-refractivity contribution in [1.82, 2.24) is 9.97 Å². The average molecular weight is 250 g/mol. The third-order valence-corrected chi connectivity index (χ3v) is 3.23. The molecular formula is C13H22N4O. The van der Waals surface area contributed by atoms with Crippen LogP contribution in [0.25, 0.3) is 0 Å². The second-order valence-corrected chi connectivity index (χ2v) is 4.54. The lowest BCUT2D eigenvalue weighted by molar-refractivity contribution is 0.187. The lowest BCUT2D eigenvalue weighted by Gasteiger charge is -2.15. The Bertz CT molecular complexity index is 377. The highest BCUT2D eigenvalue weighted by Gasteiger charge is 2.16. The van der Waals surface area contributed by atoms with Gasteiger partial charge >= 0.3 is 0 Å². The fourth-order valence-corrected chi connectivity index (χ4v) is 2.20. The van der Waals surface area contributed by atoms with Crippen LogP contribution >= 0.6 is 0 Å². The van der Waals surface area contributed by atoms with E-state index in [1.54, 1.807) is 6.33 Å². The number of anilines is 2. The topological polar surface area (TPSA) is 59.1 Å². The molecule has 2 heterocycles. The zero-order valence-electron chi connectivity index (χ0n) is 11.2. The van der Waals surface area contributed by atoms with E-state index in [2.05, 4.69) is 34.4 Å². The Morgan fingerprint density at radius 2 is 2.06 bits per heavy atom. The van der Waals surface area contributed by atoms with Gasteiger partial charge in [-0.15, -0.1) is 0 Å². The van der Waals surface area contributed by atoms with Gasteiger partial charge in [-0.05, 0) is 19.8 Å². The molecule has 0 amide bonds. The minimum Gasteiger partial charge on any atom is -0.381 e. The molecule has 5 heteroatoms. The monoisotopic (exact) mass is 250 g/mol. The van der Waals surface area contributed by atoms with Gasteiger partial charge in [0.2, 0.25) is 0 Å². The second kappa shape index (κ2) is 6.54. The summed E-state index contributed by atoms with van der Waals surface area (Å²) in [4.78, 5) is 8.64. The zero-order valence-corrected chi connectivity index (χ0v) is 11.2. The van der Waals surface area contributed by atoms with Gasteiger partial charge in [0.05, 0.1) is 6.61 Å². The standard InChI is InChI=1S/C13H22N4O/c1-3-11-12(14-4-2)16-9-17-13(11)15-7-10-5-6-18-8-10/h9-10H,3-8H2,1-2H3,(H2,14,15,16,17). The van der Waals surface area contributed by atoms with Gasteiger partial charge in [-0.3, -0.25) is 0 Å². The third kappa shape index (κ3) is 3.10. The van der Waals surface area contributed by atoms with Gasteiger partial charge in [-0.1, -0.05) is 6.92 Å². The van der Waals surface area contributed by atoms with Crippen molar-refractivity contribution in [2.75, 3.05) is 36.9 Å². The van der Waals surface area contributed by atoms with Crippen molar-refractivity contribution in [2.45, 2.75) is 26.7 Å². The number of nitrogens with one attached hydrogen (secondary N) is 2. The fourth-order valence-electron chi connectivity index (χ4n) is 2.20. The van der Waals surface area contributed by atoms with E-state index in [9.17, 15) is 0 Å². The van der Waals surface area contributed by atoms with E-state index in [4.69, 9.17) is 4.74 Å². The Kier molecular flexibility index (Phi) is 4.75. The molecule has 1 aliphatic heterocycles. The van der Waals surface area contributed by atoms with Crippen molar-refractivity contribution < 1.29 is 4.74 Å². The van der Waals surface area contributed by atoms with Crippen LogP contribution < -0.4 is 10.6 Å². The van der Waals surface area contributed by atoms with Crippen molar-refractivity contribution in [2.24, 2.45) is 5.92 Å². The highest BCUT2D eigenvalue weighted by molar-refractivity contribution is 5.57. The third-order valence-electron chi connectivity index (χ3n) is 3.23. The van der Waals surface area contributed by atoms with Gasteiger partial charge in [-0.25, -0.2) is 9.97 Å². The van der Waals surface area contributed by atoms with E-state index in [1.807, 2.05) is 0 Å². The first-order chi connectivity index (χ1) is 8.85. The Labute approximate surface area is 108 Å². The van der Waals surface area contributed by atoms with Crippen molar-refractivity contribution in [1.29, 1.82) is 0 Å². The maximum absolute atomic E-state index is 5.38. The van der Waals surface area contributed by atoms with E-state index >= 15 is 0 Å². The SMILES string of the molecule is CCNc1ncnc(NCC2CCOC2)c1CC. The molecule has 1 aromatic heterocycles. The Morgan fingerprint density at radius 3 is 2.67 bits per heavy atom. The molecule has 100 valence electrons. The molecule has 1 aliphatic rings. The normalized spacial score (nSPS) is 18.9. The molecule has 0 radical (unpaired) electrons. The predicted molar refractivity (Wildman–Crippen MR) is 73.0 cm³/mol. The summed E-state index contributed by atoms with van der Waals surface area (Å²) in [6.45, 7) is 7.75. The van der Waals surface area contributed by atoms with Crippen LogP contribution in [0.3, 0.4) is 0 Å². The van der Waals surface area contributed by atoms with E-state index in [0.717, 1.165) is 50.8 Å². The number of nitrogens with zero attached hydrogens (tertiary/aromatic N) is 2. The Hall–Kier alpha value is -1.36. The van der Waals surface area contributed by atoms with Gasteiger partial charge < -0.3 is 15.4 Å². The number of aromatic nitrogens is 2. The lowest BCUT2D eigenvalue weighted by Crippen LogP contribution is -2.17. The summed E-state index contributed by atoms with van der Waals surface area (Å²) in [5.41, 5.74) is 1.17. The molecule has 2 rings (SSSR count). The summed E-state index contributed by atoms with van der Waals surface area (Å²) in [7, 11) is 0. The summed E-state index contributed by atoms with van der Waals surface area (Å²) < 4.78 is 5.38. The molecular weight excluding hydrogens is 228 g/mol. The number of hydrogen-bond acceptors (Lipinski definition) is 5. The predicted octanol–water partition coefficient (Wildman–Crippen LogP) is 1.92. The fraction of sp³-hybridized carbons (Fsp3) is 0.692. The zero-order chi connectivity index (χ0) is 12.8. The highest BCUT2D eigenvalue weighted by Crippen LogP contribution is 2.21. The van der Waals surface area contributed by atoms with Crippen molar-refractivity contribution in [3.05, 3.63) is 11.9 Å². The van der Waals surface area contributed by atoms with Crippen LogP contribution in [-0.2, 0) is 11.2 Å². The Balaban J connectivity index is 2.03. The number of hydrogen-bond donors (Lipinski definition) is 2. The molecule has 1 unspecified atom stereocenters. The summed E-state index contributed by atoms with van der Waals surface area (Å²) in [5, 5.41) is 6.71. The molecule has 1 aromatic rings. The van der Waals surface area contributed by atoms with Gasteiger partial charge in [0.1, 0.15) is 18.0 Å². The van der Waals surface area contributed by atoms with Gasteiger partial charge in [0.25, 0.3) is 0 Å². The molecule has 18 heavy (non-hydrogen) atoms. The molecule has 2 N–H and O–H groups in total. The van der Waals surface area contributed by atoms with Gasteiger partial charge in [-0.2, -0.15) is 0 Å². The lowest BCUT2D eigenvalue weighted by atomic mass is 10.1. The summed E-state index contributed by atoms with van der Waals surface area (Å²) in [5.74, 6) is 2.50. The number of ether oxygens (including phenoxy) is 1. The minimum atomic E-state index is 0.604. The van der Waals surface area contributed by atoms with E-state index < -0.39 is 0 Å². The van der Waals surface area contributed by atoms with Crippen LogP contribution in [0.5, 0.6) is 0 Å². The van der Waals surface area contributed by atoms with Crippen molar-refractivity contribution in [3.8, 4) is 0 Å². The molecule has 1 saturated heterocycles. The molecule has 1 atom stereocenters. The maximum atomic E-state index is 5.38. The summed E-state index contributed by atoms with van der Waals surface area (Å²) in [6.07, 6.45) is 3.68. The first-order valence-electron chi connectivity index (χ1n) is 6.74. The first kappa shape index (κ1) is 13.1. The summed E-state index contributed by atoms with van der Waals surface area (Å²) in [6, 6.07) is 0. The van der Waals surface area contributed by atoms with Gasteiger partial charge in [0, 0.05) is 31.2 Å². The molecule has 0 spiro atoms. The number of rotatable bonds is 6. The molecule has 0 saturated carbocycles. The largest absolute Gasteiger partial charge is 0.381 e. The quantitative estimate of drug-likeness (QED) is 0.807.